The van der Waals surface area contributed by atoms with E-state index in [-0.39, 0.29) is 30.0 Å². The average Bonchev–Trinajstić information content (AvgIpc) is 3.84. The molecular weight excluding hydrogens is 640 g/mol. The second-order valence-electron chi connectivity index (χ2n) is 14.5. The smallest absolute Gasteiger partial charge is 0.321 e. The summed E-state index contributed by atoms with van der Waals surface area (Å²) in [5.74, 6) is -2.02. The number of carbonyl (C=O) groups is 3. The summed E-state index contributed by atoms with van der Waals surface area (Å²) in [5.41, 5.74) is 11.3. The maximum Gasteiger partial charge on any atom is 0.321 e. The van der Waals surface area contributed by atoms with Crippen molar-refractivity contribution >= 4 is 47.6 Å². The molecule has 2 aliphatic heterocycles. The maximum absolute atomic E-state index is 14.3. The molecule has 0 aromatic carbocycles. The summed E-state index contributed by atoms with van der Waals surface area (Å²) in [6, 6.07) is 0. The van der Waals surface area contributed by atoms with Crippen LogP contribution in [0.2, 0.25) is 0 Å². The van der Waals surface area contributed by atoms with E-state index in [1.165, 1.54) is 12.7 Å². The van der Waals surface area contributed by atoms with Crippen molar-refractivity contribution < 1.29 is 23.9 Å². The first-order valence-corrected chi connectivity index (χ1v) is 18.4. The number of carbonyl (C=O) groups excluding carboxylic acids is 3. The molecule has 1 unspecified atom stereocenters. The van der Waals surface area contributed by atoms with Crippen LogP contribution < -0.4 is 16.0 Å². The molecule has 9 nitrogen and oxygen atoms in total. The first-order valence-electron chi connectivity index (χ1n) is 18.4. The Hall–Kier alpha value is -4.79. The fourth-order valence-electron chi connectivity index (χ4n) is 8.36. The summed E-state index contributed by atoms with van der Waals surface area (Å²) in [7, 11) is 1.32. The highest BCUT2D eigenvalue weighted by atomic mass is 16.5. The number of hydrogen-bond donors (Lipinski definition) is 4. The van der Waals surface area contributed by atoms with Gasteiger partial charge in [-0.25, -0.2) is 0 Å². The molecule has 9 heteroatoms. The van der Waals surface area contributed by atoms with Gasteiger partial charge in [-0.1, -0.05) is 53.2 Å². The van der Waals surface area contributed by atoms with E-state index in [2.05, 4.69) is 86.6 Å². The number of H-pyrrole nitrogens is 3. The molecule has 5 heterocycles. The molecule has 1 fully saturated rings. The highest BCUT2D eigenvalue weighted by molar-refractivity contribution is 6.24. The van der Waals surface area contributed by atoms with Crippen LogP contribution in [0.1, 0.15) is 121 Å². The van der Waals surface area contributed by atoms with E-state index in [4.69, 9.17) is 9.47 Å². The number of ether oxygens (including phenoxy) is 2. The molecule has 3 aromatic rings. The van der Waals surface area contributed by atoms with Crippen molar-refractivity contribution in [2.75, 3.05) is 13.7 Å². The predicted molar refractivity (Wildman–Crippen MR) is 202 cm³/mol. The molecular formula is C42H52N4O5. The fourth-order valence-corrected chi connectivity index (χ4v) is 8.36. The minimum absolute atomic E-state index is 0.0673. The molecule has 1 aliphatic carbocycles. The van der Waals surface area contributed by atoms with Gasteiger partial charge in [0.1, 0.15) is 5.92 Å². The number of aromatic nitrogens is 3. The molecule has 4 atom stereocenters. The van der Waals surface area contributed by atoms with Crippen molar-refractivity contribution in [3.8, 4) is 0 Å². The van der Waals surface area contributed by atoms with Crippen LogP contribution in [0.3, 0.4) is 0 Å². The molecule has 270 valence electrons. The third-order valence-electron chi connectivity index (χ3n) is 11.4. The second kappa shape index (κ2) is 14.4. The number of allylic oxidation sites excluding steroid dienone is 2. The predicted octanol–water partition coefficient (Wildman–Crippen LogP) is 6.52. The first kappa shape index (κ1) is 36.0. The lowest BCUT2D eigenvalue weighted by Crippen LogP contribution is -2.25. The number of rotatable bonds is 11. The van der Waals surface area contributed by atoms with Gasteiger partial charge in [0, 0.05) is 74.1 Å². The van der Waals surface area contributed by atoms with Crippen molar-refractivity contribution in [3.63, 3.8) is 0 Å². The van der Waals surface area contributed by atoms with Crippen LogP contribution in [0.5, 0.6) is 0 Å². The number of aromatic amines is 3. The Kier molecular flexibility index (Phi) is 10.2. The van der Waals surface area contributed by atoms with Crippen LogP contribution in [0.15, 0.2) is 18.0 Å². The number of nitrogens with one attached hydrogen (secondary N) is 4. The molecule has 0 spiro atoms. The number of hydrogen-bond acceptors (Lipinski definition) is 6. The van der Waals surface area contributed by atoms with Crippen LogP contribution in [0, 0.1) is 44.4 Å². The largest absolute Gasteiger partial charge is 0.468 e. The lowest BCUT2D eigenvalue weighted by Gasteiger charge is -2.20. The zero-order chi connectivity index (χ0) is 36.7. The van der Waals surface area contributed by atoms with Gasteiger partial charge in [0.15, 0.2) is 5.78 Å². The van der Waals surface area contributed by atoms with Crippen molar-refractivity contribution in [1.29, 1.82) is 0 Å². The third-order valence-corrected chi connectivity index (χ3v) is 11.4. The Morgan fingerprint density at radius 2 is 1.69 bits per heavy atom. The van der Waals surface area contributed by atoms with Gasteiger partial charge in [-0.2, -0.15) is 0 Å². The number of fused-ring (bicyclic) bond motifs is 7. The Bertz CT molecular complexity index is 2100. The van der Waals surface area contributed by atoms with E-state index in [0.717, 1.165) is 87.1 Å². The Labute approximate surface area is 300 Å². The molecule has 51 heavy (non-hydrogen) atoms. The van der Waals surface area contributed by atoms with E-state index in [1.54, 1.807) is 0 Å². The molecule has 3 aromatic heterocycles. The van der Waals surface area contributed by atoms with E-state index in [1.807, 2.05) is 13.0 Å². The molecule has 1 saturated heterocycles. The topological polar surface area (TPSA) is 129 Å². The highest BCUT2D eigenvalue weighted by Crippen LogP contribution is 2.48. The summed E-state index contributed by atoms with van der Waals surface area (Å²) >= 11 is 0. The van der Waals surface area contributed by atoms with Gasteiger partial charge in [0.05, 0.1) is 19.4 Å². The van der Waals surface area contributed by atoms with E-state index >= 15 is 0 Å². The standard InChI is InChI=1S/C42H52N4O5/c1-10-13-21(4)16-17-51-35(47)15-14-28-24(7)31-18-29-22(5)26(11-2)33(43-29)19-30-23(6)27(12-3)34(44-30)20-32-25(8)36-40(46-32)37(39(28)45-31)38(41(36)48)42(49)50-9/h11,18-21,24,28,38,43-46H,2,10,12-17H2,1,3-9H3/b30-19-,31-18-,34-20-,39-37-/t21?,24-,28-,38+/m0/s1. The molecule has 8 bridgehead atoms. The summed E-state index contributed by atoms with van der Waals surface area (Å²) in [5, 5.41) is 5.63. The van der Waals surface area contributed by atoms with Gasteiger partial charge >= 0.3 is 11.9 Å². The molecule has 0 radical (unpaired) electrons. The monoisotopic (exact) mass is 692 g/mol. The normalized spacial score (nSPS) is 23.4. The van der Waals surface area contributed by atoms with Crippen LogP contribution in [-0.4, -0.2) is 46.4 Å². The minimum atomic E-state index is -1.13. The van der Waals surface area contributed by atoms with Gasteiger partial charge in [0.25, 0.3) is 0 Å². The van der Waals surface area contributed by atoms with Crippen molar-refractivity contribution in [2.45, 2.75) is 87.0 Å². The summed E-state index contributed by atoms with van der Waals surface area (Å²) < 4.78 is 10.9. The van der Waals surface area contributed by atoms with Gasteiger partial charge in [-0.15, -0.1) is 0 Å². The van der Waals surface area contributed by atoms with Gasteiger partial charge in [-0.05, 0) is 86.4 Å². The molecule has 4 N–H and O–H groups in total. The Balaban J connectivity index is 1.55. The Morgan fingerprint density at radius 3 is 2.37 bits per heavy atom. The zero-order valence-corrected chi connectivity index (χ0v) is 31.3. The van der Waals surface area contributed by atoms with E-state index in [9.17, 15) is 14.4 Å². The summed E-state index contributed by atoms with van der Waals surface area (Å²) in [6.45, 7) is 19.3. The second-order valence-corrected chi connectivity index (χ2v) is 14.5. The van der Waals surface area contributed by atoms with E-state index in [0.29, 0.717) is 35.8 Å². The quantitative estimate of drug-likeness (QED) is 0.134. The molecule has 6 rings (SSSR count). The first-order chi connectivity index (χ1) is 24.4. The number of methoxy groups -OCH3 is 1. The fraction of sp³-hybridized carbons (Fsp3) is 0.452. The molecule has 0 saturated carbocycles. The zero-order valence-electron chi connectivity index (χ0n) is 31.3. The number of Topliss-reactive ketones (excluding diaryl/α,β-unsaturated/α-hetero) is 1. The lowest BCUT2D eigenvalue weighted by molar-refractivity contribution is -0.144. The summed E-state index contributed by atoms with van der Waals surface area (Å²) in [6.07, 6.45) is 12.8. The van der Waals surface area contributed by atoms with Crippen LogP contribution in [-0.2, 0) is 25.5 Å². The van der Waals surface area contributed by atoms with Crippen molar-refractivity contribution in [1.82, 2.24) is 20.3 Å². The third kappa shape index (κ3) is 6.36. The van der Waals surface area contributed by atoms with Gasteiger partial charge in [-0.3, -0.25) is 14.4 Å². The SMILES string of the molecule is C=Cc1c2[nH]c(c1C)/C=C1\N/C(=C3\c4[nH]c(c(C)c4C(=O)[C@@H]3C(=O)OC)/C=c3\[nH]/c(c(C)c3CC)=C\2)[C@@H](CCC(=O)OCCC(C)CCC)[C@@H]1C. The highest BCUT2D eigenvalue weighted by Gasteiger charge is 2.48. The molecule has 0 amide bonds. The van der Waals surface area contributed by atoms with Crippen molar-refractivity contribution in [3.05, 3.63) is 84.8 Å². The maximum atomic E-state index is 14.3. The van der Waals surface area contributed by atoms with Crippen molar-refractivity contribution in [2.24, 2.45) is 23.7 Å². The number of esters is 2. The van der Waals surface area contributed by atoms with Gasteiger partial charge < -0.3 is 29.7 Å². The van der Waals surface area contributed by atoms with Crippen LogP contribution >= 0.6 is 0 Å². The lowest BCUT2D eigenvalue weighted by atomic mass is 9.85. The average molecular weight is 693 g/mol. The van der Waals surface area contributed by atoms with Crippen LogP contribution in [0.4, 0.5) is 0 Å². The van der Waals surface area contributed by atoms with Crippen LogP contribution in [0.25, 0.3) is 29.9 Å². The number of ketones is 1. The Morgan fingerprint density at radius 1 is 0.961 bits per heavy atom. The summed E-state index contributed by atoms with van der Waals surface area (Å²) in [4.78, 5) is 51.7. The molecule has 3 aliphatic rings. The van der Waals surface area contributed by atoms with Gasteiger partial charge in [0.2, 0.25) is 0 Å². The van der Waals surface area contributed by atoms with E-state index < -0.39 is 11.9 Å². The minimum Gasteiger partial charge on any atom is -0.468 e.